The molecule has 1 rings (SSSR count). The van der Waals surface area contributed by atoms with Gasteiger partial charge in [0.2, 0.25) is 0 Å². The minimum Gasteiger partial charge on any atom is -0.480 e. The van der Waals surface area contributed by atoms with Gasteiger partial charge in [-0.2, -0.15) is 13.2 Å². The van der Waals surface area contributed by atoms with Gasteiger partial charge in [-0.25, -0.2) is 4.98 Å². The highest BCUT2D eigenvalue weighted by molar-refractivity contribution is 5.76. The van der Waals surface area contributed by atoms with Crippen LogP contribution in [0.2, 0.25) is 0 Å². The molecule has 0 unspecified atom stereocenters. The molecule has 3 N–H and O–H groups in total. The molecule has 0 fully saturated rings. The normalized spacial score (nSPS) is 11.3. The van der Waals surface area contributed by atoms with E-state index in [1.54, 1.807) is 0 Å². The van der Waals surface area contributed by atoms with Crippen molar-refractivity contribution >= 4 is 17.5 Å². The molecular weight excluding hydrogens is 239 g/mol. The first-order valence-electron chi connectivity index (χ1n) is 4.47. The van der Waals surface area contributed by atoms with E-state index in [0.717, 1.165) is 11.0 Å². The average molecular weight is 249 g/mol. The topological polar surface area (TPSA) is 79.5 Å². The lowest BCUT2D eigenvalue weighted by Crippen LogP contribution is -2.26. The molecule has 0 aliphatic rings. The molecular formula is C9H10F3N3O2. The number of aromatic nitrogens is 1. The SMILES string of the molecule is CN(CC(=O)O)c1cc(C(F)(F)F)cnc1N. The van der Waals surface area contributed by atoms with Crippen molar-refractivity contribution in [3.05, 3.63) is 17.8 Å². The maximum atomic E-state index is 12.4. The number of rotatable bonds is 3. The van der Waals surface area contributed by atoms with Crippen LogP contribution in [-0.2, 0) is 11.0 Å². The standard InChI is InChI=1S/C9H10F3N3O2/c1-15(4-7(16)17)6-2-5(9(10,11)12)3-14-8(6)13/h2-3H,4H2,1H3,(H2,13,14)(H,16,17). The second kappa shape index (κ2) is 4.48. The number of nitrogen functional groups attached to an aromatic ring is 1. The van der Waals surface area contributed by atoms with Crippen LogP contribution in [-0.4, -0.2) is 29.7 Å². The number of carboxylic acids is 1. The molecule has 0 saturated carbocycles. The Labute approximate surface area is 94.7 Å². The number of nitrogens with zero attached hydrogens (tertiary/aromatic N) is 2. The minimum atomic E-state index is -4.54. The lowest BCUT2D eigenvalue weighted by Gasteiger charge is -2.19. The van der Waals surface area contributed by atoms with Crippen LogP contribution in [0.3, 0.4) is 0 Å². The van der Waals surface area contributed by atoms with Gasteiger partial charge >= 0.3 is 12.1 Å². The van der Waals surface area contributed by atoms with Gasteiger partial charge in [0.05, 0.1) is 11.3 Å². The first kappa shape index (κ1) is 13.1. The first-order valence-corrected chi connectivity index (χ1v) is 4.47. The van der Waals surface area contributed by atoms with Gasteiger partial charge in [-0.3, -0.25) is 4.79 Å². The van der Waals surface area contributed by atoms with E-state index >= 15 is 0 Å². The van der Waals surface area contributed by atoms with E-state index in [1.807, 2.05) is 0 Å². The smallest absolute Gasteiger partial charge is 0.417 e. The Morgan fingerprint density at radius 1 is 1.59 bits per heavy atom. The number of anilines is 2. The molecule has 0 atom stereocenters. The number of alkyl halides is 3. The van der Waals surface area contributed by atoms with E-state index < -0.39 is 24.3 Å². The number of pyridine rings is 1. The number of aliphatic carboxylic acids is 1. The van der Waals surface area contributed by atoms with Gasteiger partial charge in [0.1, 0.15) is 12.4 Å². The van der Waals surface area contributed by atoms with E-state index in [2.05, 4.69) is 4.98 Å². The van der Waals surface area contributed by atoms with Crippen molar-refractivity contribution in [3.63, 3.8) is 0 Å². The third-order valence-electron chi connectivity index (χ3n) is 2.01. The molecule has 8 heteroatoms. The van der Waals surface area contributed by atoms with E-state index in [4.69, 9.17) is 10.8 Å². The van der Waals surface area contributed by atoms with Gasteiger partial charge < -0.3 is 15.7 Å². The number of hydrogen-bond donors (Lipinski definition) is 2. The van der Waals surface area contributed by atoms with Crippen LogP contribution in [0, 0.1) is 0 Å². The summed E-state index contributed by atoms with van der Waals surface area (Å²) in [6.45, 7) is -0.465. The summed E-state index contributed by atoms with van der Waals surface area (Å²) in [5.74, 6) is -1.33. The number of hydrogen-bond acceptors (Lipinski definition) is 4. The Bertz CT molecular complexity index is 434. The molecule has 0 spiro atoms. The maximum absolute atomic E-state index is 12.4. The fraction of sp³-hybridized carbons (Fsp3) is 0.333. The molecule has 5 nitrogen and oxygen atoms in total. The largest absolute Gasteiger partial charge is 0.480 e. The van der Waals surface area contributed by atoms with Crippen molar-refractivity contribution in [2.24, 2.45) is 0 Å². The van der Waals surface area contributed by atoms with Crippen LogP contribution in [0.4, 0.5) is 24.7 Å². The summed E-state index contributed by atoms with van der Waals surface area (Å²) in [7, 11) is 1.32. The predicted molar refractivity (Wildman–Crippen MR) is 54.6 cm³/mol. The highest BCUT2D eigenvalue weighted by Crippen LogP contribution is 2.32. The molecule has 0 amide bonds. The Balaban J connectivity index is 3.10. The fourth-order valence-corrected chi connectivity index (χ4v) is 1.21. The van der Waals surface area contributed by atoms with Gasteiger partial charge in [0.15, 0.2) is 0 Å². The highest BCUT2D eigenvalue weighted by Gasteiger charge is 2.32. The molecule has 0 aliphatic carbocycles. The second-order valence-electron chi connectivity index (χ2n) is 3.38. The zero-order valence-electron chi connectivity index (χ0n) is 8.82. The summed E-state index contributed by atoms with van der Waals surface area (Å²) in [6, 6.07) is 0.769. The first-order chi connectivity index (χ1) is 7.71. The highest BCUT2D eigenvalue weighted by atomic mass is 19.4. The molecule has 1 heterocycles. The Morgan fingerprint density at radius 3 is 2.65 bits per heavy atom. The maximum Gasteiger partial charge on any atom is 0.417 e. The number of carboxylic acid groups (broad SMARTS) is 1. The van der Waals surface area contributed by atoms with Crippen LogP contribution < -0.4 is 10.6 Å². The number of carbonyl (C=O) groups is 1. The summed E-state index contributed by atoms with van der Waals surface area (Å²) in [5.41, 5.74) is 4.36. The molecule has 1 aromatic rings. The number of likely N-dealkylation sites (N-methyl/N-ethyl adjacent to an activating group) is 1. The van der Waals surface area contributed by atoms with Gasteiger partial charge in [-0.15, -0.1) is 0 Å². The molecule has 0 saturated heterocycles. The van der Waals surface area contributed by atoms with Crippen molar-refractivity contribution in [1.29, 1.82) is 0 Å². The summed E-state index contributed by atoms with van der Waals surface area (Å²) >= 11 is 0. The molecule has 0 radical (unpaired) electrons. The lowest BCUT2D eigenvalue weighted by atomic mass is 10.2. The number of nitrogens with two attached hydrogens (primary N) is 1. The molecule has 1 aromatic heterocycles. The van der Waals surface area contributed by atoms with Crippen LogP contribution in [0.25, 0.3) is 0 Å². The zero-order valence-corrected chi connectivity index (χ0v) is 8.82. The second-order valence-corrected chi connectivity index (χ2v) is 3.38. The van der Waals surface area contributed by atoms with Crippen LogP contribution in [0.15, 0.2) is 12.3 Å². The molecule has 94 valence electrons. The van der Waals surface area contributed by atoms with E-state index in [0.29, 0.717) is 6.20 Å². The van der Waals surface area contributed by atoms with Crippen LogP contribution in [0.1, 0.15) is 5.56 Å². The van der Waals surface area contributed by atoms with Gasteiger partial charge in [-0.1, -0.05) is 0 Å². The third kappa shape index (κ3) is 3.23. The van der Waals surface area contributed by atoms with Gasteiger partial charge in [-0.05, 0) is 6.07 Å². The average Bonchev–Trinajstić information content (AvgIpc) is 2.15. The molecule has 0 aromatic carbocycles. The van der Waals surface area contributed by atoms with Crippen LogP contribution >= 0.6 is 0 Å². The minimum absolute atomic E-state index is 0.0674. The van der Waals surface area contributed by atoms with E-state index in [1.165, 1.54) is 7.05 Å². The monoisotopic (exact) mass is 249 g/mol. The van der Waals surface area contributed by atoms with Crippen molar-refractivity contribution in [2.45, 2.75) is 6.18 Å². The summed E-state index contributed by atoms with van der Waals surface area (Å²) < 4.78 is 37.2. The van der Waals surface area contributed by atoms with Crippen molar-refractivity contribution in [2.75, 3.05) is 24.2 Å². The van der Waals surface area contributed by atoms with E-state index in [9.17, 15) is 18.0 Å². The third-order valence-corrected chi connectivity index (χ3v) is 2.01. The number of halogens is 3. The van der Waals surface area contributed by atoms with Crippen molar-refractivity contribution in [1.82, 2.24) is 4.98 Å². The van der Waals surface area contributed by atoms with Crippen molar-refractivity contribution < 1.29 is 23.1 Å². The Hall–Kier alpha value is -1.99. The van der Waals surface area contributed by atoms with E-state index in [-0.39, 0.29) is 11.5 Å². The lowest BCUT2D eigenvalue weighted by molar-refractivity contribution is -0.137. The van der Waals surface area contributed by atoms with Gasteiger partial charge in [0.25, 0.3) is 0 Å². The summed E-state index contributed by atoms with van der Waals surface area (Å²) in [6.07, 6.45) is -3.94. The Morgan fingerprint density at radius 2 is 2.18 bits per heavy atom. The van der Waals surface area contributed by atoms with Crippen LogP contribution in [0.5, 0.6) is 0 Å². The summed E-state index contributed by atoms with van der Waals surface area (Å²) in [5, 5.41) is 8.54. The van der Waals surface area contributed by atoms with Gasteiger partial charge in [0, 0.05) is 13.2 Å². The Kier molecular flexibility index (Phi) is 3.45. The van der Waals surface area contributed by atoms with Crippen molar-refractivity contribution in [3.8, 4) is 0 Å². The fourth-order valence-electron chi connectivity index (χ4n) is 1.21. The molecule has 17 heavy (non-hydrogen) atoms. The molecule has 0 aliphatic heterocycles. The summed E-state index contributed by atoms with van der Waals surface area (Å²) in [4.78, 5) is 14.9. The zero-order chi connectivity index (χ0) is 13.2. The quantitative estimate of drug-likeness (QED) is 0.841. The molecule has 0 bridgehead atoms. The predicted octanol–water partition coefficient (Wildman–Crippen LogP) is 1.20.